The number of hydrogen-bond acceptors (Lipinski definition) is 8. The fraction of sp³-hybridized carbons (Fsp3) is 0.160. The molecule has 0 radical (unpaired) electrons. The Morgan fingerprint density at radius 3 is 2.29 bits per heavy atom. The van der Waals surface area contributed by atoms with Crippen molar-refractivity contribution in [2.45, 2.75) is 30.7 Å². The number of phenols is 1. The Hall–Kier alpha value is -3.98. The Bertz CT molecular complexity index is 1410. The first-order valence-electron chi connectivity index (χ1n) is 10.7. The summed E-state index contributed by atoms with van der Waals surface area (Å²) in [5.74, 6) is 1.88. The van der Waals surface area contributed by atoms with Gasteiger partial charge in [-0.1, -0.05) is 46.7 Å². The molecule has 34 heavy (non-hydrogen) atoms. The van der Waals surface area contributed by atoms with Gasteiger partial charge in [-0.25, -0.2) is 0 Å². The van der Waals surface area contributed by atoms with Crippen LogP contribution in [0.5, 0.6) is 5.75 Å². The van der Waals surface area contributed by atoms with Crippen LogP contribution in [0.3, 0.4) is 0 Å². The fourth-order valence-electron chi connectivity index (χ4n) is 3.42. The van der Waals surface area contributed by atoms with E-state index in [1.54, 1.807) is 24.5 Å². The van der Waals surface area contributed by atoms with Crippen LogP contribution in [0, 0.1) is 6.92 Å². The van der Waals surface area contributed by atoms with Gasteiger partial charge in [-0.05, 0) is 57.2 Å². The molecule has 0 aliphatic carbocycles. The molecular weight excluding hydrogens is 448 g/mol. The molecule has 1 N–H and O–H groups in total. The summed E-state index contributed by atoms with van der Waals surface area (Å²) in [5.41, 5.74) is 3.76. The number of aryl methyl sites for hydroxylation is 1. The molecule has 0 fully saturated rings. The van der Waals surface area contributed by atoms with Crippen molar-refractivity contribution in [3.8, 4) is 34.2 Å². The largest absolute Gasteiger partial charge is 0.508 e. The standard InChI is InChI=1S/C25H22N6O2S/c1-16-4-6-17(7-5-16)21-27-23(33-30-21)25(2,3)34-24-29-28-22(18-12-14-26-15-13-18)31(24)19-8-10-20(32)11-9-19/h4-15,32H,1-3H3. The molecule has 0 spiro atoms. The minimum Gasteiger partial charge on any atom is -0.508 e. The van der Waals surface area contributed by atoms with Crippen LogP contribution >= 0.6 is 11.8 Å². The first-order valence-corrected chi connectivity index (χ1v) is 11.5. The summed E-state index contributed by atoms with van der Waals surface area (Å²) in [6, 6.07) is 18.7. The third kappa shape index (κ3) is 4.29. The fourth-order valence-corrected chi connectivity index (χ4v) is 4.41. The Balaban J connectivity index is 1.52. The van der Waals surface area contributed by atoms with Crippen molar-refractivity contribution in [2.75, 3.05) is 0 Å². The number of aromatic nitrogens is 6. The van der Waals surface area contributed by atoms with Gasteiger partial charge in [0.1, 0.15) is 5.75 Å². The first kappa shape index (κ1) is 21.8. The summed E-state index contributed by atoms with van der Waals surface area (Å²) in [6.45, 7) is 6.05. The van der Waals surface area contributed by atoms with Gasteiger partial charge >= 0.3 is 0 Å². The number of pyridine rings is 1. The molecule has 9 heteroatoms. The molecule has 0 atom stereocenters. The highest BCUT2D eigenvalue weighted by atomic mass is 32.2. The number of phenolic OH excluding ortho intramolecular Hbond substituents is 1. The van der Waals surface area contributed by atoms with Crippen molar-refractivity contribution >= 4 is 11.8 Å². The smallest absolute Gasteiger partial charge is 0.243 e. The van der Waals surface area contributed by atoms with Gasteiger partial charge in [-0.3, -0.25) is 9.55 Å². The number of nitrogens with zero attached hydrogens (tertiary/aromatic N) is 6. The van der Waals surface area contributed by atoms with Gasteiger partial charge < -0.3 is 9.63 Å². The van der Waals surface area contributed by atoms with Crippen molar-refractivity contribution < 1.29 is 9.63 Å². The Labute approximate surface area is 200 Å². The van der Waals surface area contributed by atoms with E-state index in [-0.39, 0.29) is 5.75 Å². The number of thioether (sulfide) groups is 1. The van der Waals surface area contributed by atoms with E-state index in [4.69, 9.17) is 4.52 Å². The number of aromatic hydroxyl groups is 1. The lowest BCUT2D eigenvalue weighted by Gasteiger charge is -2.19. The Morgan fingerprint density at radius 1 is 0.882 bits per heavy atom. The van der Waals surface area contributed by atoms with E-state index in [1.807, 2.05) is 73.9 Å². The van der Waals surface area contributed by atoms with Gasteiger partial charge in [0.2, 0.25) is 11.7 Å². The number of hydrogen-bond donors (Lipinski definition) is 1. The second kappa shape index (κ2) is 8.75. The highest BCUT2D eigenvalue weighted by Crippen LogP contribution is 2.41. The summed E-state index contributed by atoms with van der Waals surface area (Å²) in [4.78, 5) is 8.76. The molecule has 5 aromatic rings. The average molecular weight is 471 g/mol. The monoisotopic (exact) mass is 470 g/mol. The second-order valence-corrected chi connectivity index (χ2v) is 9.89. The van der Waals surface area contributed by atoms with Crippen LogP contribution in [-0.2, 0) is 4.75 Å². The topological polar surface area (TPSA) is 103 Å². The molecule has 5 rings (SSSR count). The Morgan fingerprint density at radius 2 is 1.59 bits per heavy atom. The molecule has 0 unspecified atom stereocenters. The number of benzene rings is 2. The summed E-state index contributed by atoms with van der Waals surface area (Å²) in [5, 5.41) is 23.6. The first-order chi connectivity index (χ1) is 16.4. The van der Waals surface area contributed by atoms with Crippen LogP contribution in [0.4, 0.5) is 0 Å². The molecule has 3 aromatic heterocycles. The van der Waals surface area contributed by atoms with Crippen LogP contribution in [0.1, 0.15) is 25.3 Å². The van der Waals surface area contributed by atoms with E-state index < -0.39 is 4.75 Å². The van der Waals surface area contributed by atoms with E-state index in [0.717, 1.165) is 16.8 Å². The van der Waals surface area contributed by atoms with Gasteiger partial charge in [0.15, 0.2) is 11.0 Å². The second-order valence-electron chi connectivity index (χ2n) is 8.30. The lowest BCUT2D eigenvalue weighted by Crippen LogP contribution is -2.14. The summed E-state index contributed by atoms with van der Waals surface area (Å²) in [6.07, 6.45) is 3.43. The zero-order chi connectivity index (χ0) is 23.7. The van der Waals surface area contributed by atoms with Crippen LogP contribution in [-0.4, -0.2) is 35.0 Å². The molecule has 0 bridgehead atoms. The average Bonchev–Trinajstić information content (AvgIpc) is 3.49. The molecule has 0 saturated carbocycles. The molecule has 0 aliphatic rings. The maximum Gasteiger partial charge on any atom is 0.243 e. The molecule has 2 aromatic carbocycles. The van der Waals surface area contributed by atoms with Gasteiger partial charge in [0.25, 0.3) is 0 Å². The van der Waals surface area contributed by atoms with Gasteiger partial charge in [-0.15, -0.1) is 10.2 Å². The van der Waals surface area contributed by atoms with Gasteiger partial charge in [0.05, 0.1) is 4.75 Å². The minimum absolute atomic E-state index is 0.186. The maximum absolute atomic E-state index is 9.77. The molecule has 0 amide bonds. The van der Waals surface area contributed by atoms with Crippen LogP contribution in [0.15, 0.2) is 82.7 Å². The predicted molar refractivity (Wildman–Crippen MR) is 130 cm³/mol. The van der Waals surface area contributed by atoms with E-state index in [0.29, 0.717) is 22.7 Å². The highest BCUT2D eigenvalue weighted by molar-refractivity contribution is 8.00. The normalized spacial score (nSPS) is 11.6. The van der Waals surface area contributed by atoms with E-state index in [9.17, 15) is 5.11 Å². The van der Waals surface area contributed by atoms with Crippen molar-refractivity contribution in [3.63, 3.8) is 0 Å². The van der Waals surface area contributed by atoms with Crippen molar-refractivity contribution in [1.29, 1.82) is 0 Å². The number of rotatable bonds is 6. The van der Waals surface area contributed by atoms with E-state index in [1.165, 1.54) is 17.3 Å². The van der Waals surface area contributed by atoms with Crippen LogP contribution in [0.2, 0.25) is 0 Å². The predicted octanol–water partition coefficient (Wildman–Crippen LogP) is 5.42. The Kier molecular flexibility index (Phi) is 5.62. The van der Waals surface area contributed by atoms with Crippen molar-refractivity contribution in [1.82, 2.24) is 29.9 Å². The minimum atomic E-state index is -0.590. The third-order valence-corrected chi connectivity index (χ3v) is 6.41. The van der Waals surface area contributed by atoms with Gasteiger partial charge in [-0.2, -0.15) is 4.98 Å². The van der Waals surface area contributed by atoms with E-state index >= 15 is 0 Å². The summed E-state index contributed by atoms with van der Waals surface area (Å²) in [7, 11) is 0. The van der Waals surface area contributed by atoms with Gasteiger partial charge in [0, 0.05) is 29.2 Å². The molecule has 0 saturated heterocycles. The maximum atomic E-state index is 9.77. The highest BCUT2D eigenvalue weighted by Gasteiger charge is 2.32. The van der Waals surface area contributed by atoms with Crippen LogP contribution < -0.4 is 0 Å². The SMILES string of the molecule is Cc1ccc(-c2noc(C(C)(C)Sc3nnc(-c4ccncc4)n3-c3ccc(O)cc3)n2)cc1. The van der Waals surface area contributed by atoms with Crippen LogP contribution in [0.25, 0.3) is 28.5 Å². The molecule has 0 aliphatic heterocycles. The lowest BCUT2D eigenvalue weighted by atomic mass is 10.1. The lowest BCUT2D eigenvalue weighted by molar-refractivity contribution is 0.354. The molecular formula is C25H22N6O2S. The third-order valence-electron chi connectivity index (χ3n) is 5.28. The van der Waals surface area contributed by atoms with Crippen molar-refractivity contribution in [2.24, 2.45) is 0 Å². The summed E-state index contributed by atoms with van der Waals surface area (Å²) >= 11 is 1.47. The zero-order valence-corrected chi connectivity index (χ0v) is 19.7. The van der Waals surface area contributed by atoms with Crippen molar-refractivity contribution in [3.05, 3.63) is 84.5 Å². The summed E-state index contributed by atoms with van der Waals surface area (Å²) < 4.78 is 7.01. The molecule has 170 valence electrons. The zero-order valence-electron chi connectivity index (χ0n) is 18.9. The molecule has 3 heterocycles. The van der Waals surface area contributed by atoms with E-state index in [2.05, 4.69) is 25.3 Å². The molecule has 8 nitrogen and oxygen atoms in total. The quantitative estimate of drug-likeness (QED) is 0.328.